The summed E-state index contributed by atoms with van der Waals surface area (Å²) in [7, 11) is 0. The molecular formula is C9H13N9S. The van der Waals surface area contributed by atoms with Gasteiger partial charge in [0, 0.05) is 11.8 Å². The Balaban J connectivity index is 1.88. The fourth-order valence-corrected chi connectivity index (χ4v) is 2.89. The molecule has 1 atom stereocenters. The summed E-state index contributed by atoms with van der Waals surface area (Å²) >= 11 is 1.91. The second-order valence-electron chi connectivity index (χ2n) is 3.97. The Labute approximate surface area is 113 Å². The molecule has 9 nitrogen and oxygen atoms in total. The smallest absolute Gasteiger partial charge is 0.258 e. The quantitative estimate of drug-likeness (QED) is 0.509. The van der Waals surface area contributed by atoms with Crippen LogP contribution in [0.5, 0.6) is 0 Å². The van der Waals surface area contributed by atoms with Crippen LogP contribution < -0.4 is 16.6 Å². The van der Waals surface area contributed by atoms with Crippen molar-refractivity contribution in [3.05, 3.63) is 12.7 Å². The minimum atomic E-state index is 0.286. The predicted octanol–water partition coefficient (Wildman–Crippen LogP) is -0.345. The van der Waals surface area contributed by atoms with Crippen LogP contribution >= 0.6 is 11.8 Å². The summed E-state index contributed by atoms with van der Waals surface area (Å²) in [5, 5.41) is 7.26. The van der Waals surface area contributed by atoms with Gasteiger partial charge in [-0.15, -0.1) is 0 Å². The van der Waals surface area contributed by atoms with Crippen LogP contribution in [0.2, 0.25) is 0 Å². The van der Waals surface area contributed by atoms with Crippen LogP contribution in [0.15, 0.2) is 12.7 Å². The third kappa shape index (κ3) is 2.74. The van der Waals surface area contributed by atoms with Crippen LogP contribution in [-0.2, 0) is 0 Å². The third-order valence-corrected chi connectivity index (χ3v) is 3.80. The maximum Gasteiger partial charge on any atom is 0.258 e. The zero-order chi connectivity index (χ0) is 13.1. The van der Waals surface area contributed by atoms with E-state index in [1.807, 2.05) is 11.8 Å². The van der Waals surface area contributed by atoms with Crippen LogP contribution in [0.3, 0.4) is 0 Å². The van der Waals surface area contributed by atoms with Gasteiger partial charge in [-0.05, 0) is 12.2 Å². The lowest BCUT2D eigenvalue weighted by atomic mass is 10.3. The van der Waals surface area contributed by atoms with Crippen molar-refractivity contribution in [1.82, 2.24) is 29.7 Å². The van der Waals surface area contributed by atoms with Gasteiger partial charge in [-0.3, -0.25) is 5.43 Å². The molecule has 4 N–H and O–H groups in total. The average Bonchev–Trinajstić information content (AvgIpc) is 3.11. The summed E-state index contributed by atoms with van der Waals surface area (Å²) in [5.74, 6) is 8.72. The van der Waals surface area contributed by atoms with Gasteiger partial charge in [0.05, 0.1) is 0 Å². The standard InChI is InChI=1S/C9H13N9S/c10-17-8-14-7(13-6-1-2-19-3-6)15-9(16-8)18-5-11-4-12-18/h4-6H,1-3,10H2,(H2,13,14,15,16,17). The molecule has 1 unspecified atom stereocenters. The molecule has 1 fully saturated rings. The van der Waals surface area contributed by atoms with Crippen molar-refractivity contribution in [3.63, 3.8) is 0 Å². The number of hydrogen-bond donors (Lipinski definition) is 3. The van der Waals surface area contributed by atoms with Gasteiger partial charge >= 0.3 is 0 Å². The highest BCUT2D eigenvalue weighted by molar-refractivity contribution is 7.99. The molecule has 1 saturated heterocycles. The number of aromatic nitrogens is 6. The number of thioether (sulfide) groups is 1. The minimum absolute atomic E-state index is 0.286. The van der Waals surface area contributed by atoms with Crippen molar-refractivity contribution >= 4 is 23.7 Å². The largest absolute Gasteiger partial charge is 0.350 e. The van der Waals surface area contributed by atoms with E-state index < -0.39 is 0 Å². The van der Waals surface area contributed by atoms with Crippen LogP contribution in [0, 0.1) is 0 Å². The highest BCUT2D eigenvalue weighted by Crippen LogP contribution is 2.20. The number of nitrogens with one attached hydrogen (secondary N) is 2. The maximum absolute atomic E-state index is 5.37. The molecule has 0 spiro atoms. The number of rotatable bonds is 4. The van der Waals surface area contributed by atoms with E-state index in [9.17, 15) is 0 Å². The first-order valence-corrected chi connectivity index (χ1v) is 6.92. The molecule has 1 aliphatic heterocycles. The first-order chi connectivity index (χ1) is 9.35. The molecule has 0 bridgehead atoms. The summed E-state index contributed by atoms with van der Waals surface area (Å²) in [6, 6.07) is 0.377. The number of nitrogens with zero attached hydrogens (tertiary/aromatic N) is 6. The monoisotopic (exact) mass is 279 g/mol. The van der Waals surface area contributed by atoms with E-state index >= 15 is 0 Å². The Hall–Kier alpha value is -1.94. The fourth-order valence-electron chi connectivity index (χ4n) is 1.74. The van der Waals surface area contributed by atoms with E-state index in [1.165, 1.54) is 17.3 Å². The number of hydrogen-bond acceptors (Lipinski definition) is 9. The molecule has 1 aliphatic rings. The molecule has 19 heavy (non-hydrogen) atoms. The molecule has 2 aromatic rings. The summed E-state index contributed by atoms with van der Waals surface area (Å²) in [6.45, 7) is 0. The van der Waals surface area contributed by atoms with Gasteiger partial charge in [-0.2, -0.15) is 36.5 Å². The van der Waals surface area contributed by atoms with Crippen molar-refractivity contribution in [1.29, 1.82) is 0 Å². The molecule has 100 valence electrons. The van der Waals surface area contributed by atoms with Gasteiger partial charge in [-0.1, -0.05) is 0 Å². The number of nitrogens with two attached hydrogens (primary N) is 1. The second-order valence-corrected chi connectivity index (χ2v) is 5.12. The molecule has 0 amide bonds. The maximum atomic E-state index is 5.37. The lowest BCUT2D eigenvalue weighted by Gasteiger charge is -2.12. The molecular weight excluding hydrogens is 266 g/mol. The first-order valence-electron chi connectivity index (χ1n) is 5.77. The minimum Gasteiger partial charge on any atom is -0.350 e. The second kappa shape index (κ2) is 5.36. The topological polar surface area (TPSA) is 119 Å². The highest BCUT2D eigenvalue weighted by Gasteiger charge is 2.17. The predicted molar refractivity (Wildman–Crippen MR) is 71.9 cm³/mol. The van der Waals surface area contributed by atoms with Gasteiger partial charge in [0.2, 0.25) is 11.9 Å². The van der Waals surface area contributed by atoms with Crippen LogP contribution in [-0.4, -0.2) is 47.3 Å². The number of nitrogen functional groups attached to an aromatic ring is 1. The van der Waals surface area contributed by atoms with E-state index in [-0.39, 0.29) is 5.95 Å². The average molecular weight is 279 g/mol. The Kier molecular flexibility index (Phi) is 3.42. The van der Waals surface area contributed by atoms with Gasteiger partial charge in [0.25, 0.3) is 5.95 Å². The van der Waals surface area contributed by atoms with E-state index in [0.717, 1.165) is 17.9 Å². The molecule has 3 rings (SSSR count). The van der Waals surface area contributed by atoms with Gasteiger partial charge in [0.1, 0.15) is 12.7 Å². The SMILES string of the molecule is NNc1nc(NC2CCSC2)nc(-n2cncn2)n1. The summed E-state index contributed by atoms with van der Waals surface area (Å²) in [5.41, 5.74) is 2.43. The number of hydrazine groups is 1. The lowest BCUT2D eigenvalue weighted by Crippen LogP contribution is -2.22. The molecule has 10 heteroatoms. The van der Waals surface area contributed by atoms with Crippen molar-refractivity contribution in [2.75, 3.05) is 22.2 Å². The van der Waals surface area contributed by atoms with Crippen molar-refractivity contribution < 1.29 is 0 Å². The molecule has 0 saturated carbocycles. The summed E-state index contributed by atoms with van der Waals surface area (Å²) < 4.78 is 1.46. The van der Waals surface area contributed by atoms with Crippen molar-refractivity contribution in [2.45, 2.75) is 12.5 Å². The summed E-state index contributed by atoms with van der Waals surface area (Å²) in [6.07, 6.45) is 4.03. The Morgan fingerprint density at radius 3 is 2.89 bits per heavy atom. The zero-order valence-corrected chi connectivity index (χ0v) is 10.8. The Morgan fingerprint density at radius 1 is 1.32 bits per heavy atom. The molecule has 0 radical (unpaired) electrons. The van der Waals surface area contributed by atoms with E-state index in [0.29, 0.717) is 17.9 Å². The van der Waals surface area contributed by atoms with Gasteiger partial charge < -0.3 is 5.32 Å². The molecule has 2 aromatic heterocycles. The van der Waals surface area contributed by atoms with E-state index in [2.05, 4.69) is 35.8 Å². The van der Waals surface area contributed by atoms with Crippen LogP contribution in [0.4, 0.5) is 11.9 Å². The van der Waals surface area contributed by atoms with Gasteiger partial charge in [-0.25, -0.2) is 10.8 Å². The zero-order valence-electron chi connectivity index (χ0n) is 10.0. The molecule has 0 aromatic carbocycles. The van der Waals surface area contributed by atoms with Crippen molar-refractivity contribution in [2.24, 2.45) is 5.84 Å². The third-order valence-electron chi connectivity index (χ3n) is 2.64. The summed E-state index contributed by atoms with van der Waals surface area (Å²) in [4.78, 5) is 16.5. The Bertz CT molecular complexity index is 537. The Morgan fingerprint density at radius 2 is 2.21 bits per heavy atom. The van der Waals surface area contributed by atoms with E-state index in [1.54, 1.807) is 0 Å². The number of anilines is 2. The normalized spacial score (nSPS) is 18.5. The molecule has 3 heterocycles. The molecule has 0 aliphatic carbocycles. The fraction of sp³-hybridized carbons (Fsp3) is 0.444. The first kappa shape index (κ1) is 12.1. The van der Waals surface area contributed by atoms with Crippen LogP contribution in [0.25, 0.3) is 5.95 Å². The highest BCUT2D eigenvalue weighted by atomic mass is 32.2. The van der Waals surface area contributed by atoms with E-state index in [4.69, 9.17) is 5.84 Å². The van der Waals surface area contributed by atoms with Gasteiger partial charge in [0.15, 0.2) is 0 Å². The lowest BCUT2D eigenvalue weighted by molar-refractivity contribution is 0.767. The van der Waals surface area contributed by atoms with Crippen molar-refractivity contribution in [3.8, 4) is 5.95 Å². The van der Waals surface area contributed by atoms with Crippen LogP contribution in [0.1, 0.15) is 6.42 Å².